The van der Waals surface area contributed by atoms with Crippen molar-refractivity contribution in [3.8, 4) is 0 Å². The largest absolute Gasteiger partial charge is 0.376 e. The molecule has 22 heavy (non-hydrogen) atoms. The van der Waals surface area contributed by atoms with Gasteiger partial charge in [0.25, 0.3) is 0 Å². The van der Waals surface area contributed by atoms with Gasteiger partial charge in [0.2, 0.25) is 0 Å². The first kappa shape index (κ1) is 15.7. The quantitative estimate of drug-likeness (QED) is 0.819. The Kier molecular flexibility index (Phi) is 5.28. The van der Waals surface area contributed by atoms with Crippen LogP contribution in [0.3, 0.4) is 0 Å². The van der Waals surface area contributed by atoms with Crippen molar-refractivity contribution in [2.45, 2.75) is 25.5 Å². The maximum absolute atomic E-state index is 5.62. The van der Waals surface area contributed by atoms with Crippen LogP contribution in [0.5, 0.6) is 0 Å². The van der Waals surface area contributed by atoms with Crippen molar-refractivity contribution < 1.29 is 4.74 Å². The van der Waals surface area contributed by atoms with Gasteiger partial charge in [-0.1, -0.05) is 0 Å². The molecule has 1 unspecified atom stereocenters. The van der Waals surface area contributed by atoms with Gasteiger partial charge >= 0.3 is 0 Å². The van der Waals surface area contributed by atoms with Crippen molar-refractivity contribution in [3.05, 3.63) is 18.0 Å². The predicted octanol–water partition coefficient (Wildman–Crippen LogP) is 0.591. The molecule has 6 nitrogen and oxygen atoms in total. The average Bonchev–Trinajstić information content (AvgIpc) is 3.17. The van der Waals surface area contributed by atoms with Crippen LogP contribution in [0.25, 0.3) is 0 Å². The van der Waals surface area contributed by atoms with Gasteiger partial charge in [0, 0.05) is 64.7 Å². The van der Waals surface area contributed by atoms with E-state index in [0.29, 0.717) is 6.10 Å². The van der Waals surface area contributed by atoms with Crippen LogP contribution in [0.2, 0.25) is 0 Å². The average molecular weight is 323 g/mol. The highest BCUT2D eigenvalue weighted by Gasteiger charge is 2.21. The fraction of sp³-hybridized carbons (Fsp3) is 0.733. The van der Waals surface area contributed by atoms with Gasteiger partial charge in [-0.2, -0.15) is 5.10 Å². The normalized spacial score (nSPS) is 23.0. The molecular formula is C15H25N5OS. The Hall–Kier alpha value is -1.18. The molecule has 122 valence electrons. The number of aromatic nitrogens is 2. The number of ether oxygens (including phenoxy) is 1. The number of aryl methyl sites for hydroxylation is 1. The van der Waals surface area contributed by atoms with E-state index in [9.17, 15) is 0 Å². The van der Waals surface area contributed by atoms with Gasteiger partial charge in [-0.25, -0.2) is 0 Å². The highest BCUT2D eigenvalue weighted by molar-refractivity contribution is 7.80. The third kappa shape index (κ3) is 4.18. The number of nitrogens with one attached hydrogen (secondary N) is 1. The number of hydrogen-bond acceptors (Lipinski definition) is 4. The standard InChI is InChI=1S/C15H25N5OS/c1-18-11-13(9-17-18)12-19-4-6-20(7-5-19)15(22)16-10-14-3-2-8-21-14/h9,11,14H,2-8,10,12H2,1H3,(H,16,22). The van der Waals surface area contributed by atoms with E-state index in [1.165, 1.54) is 12.0 Å². The van der Waals surface area contributed by atoms with Gasteiger partial charge in [-0.15, -0.1) is 0 Å². The minimum Gasteiger partial charge on any atom is -0.376 e. The van der Waals surface area contributed by atoms with Crippen LogP contribution in [0, 0.1) is 0 Å². The fourth-order valence-electron chi connectivity index (χ4n) is 3.04. The minimum atomic E-state index is 0.338. The van der Waals surface area contributed by atoms with Crippen LogP contribution < -0.4 is 5.32 Å². The van der Waals surface area contributed by atoms with Crippen LogP contribution >= 0.6 is 12.2 Å². The maximum Gasteiger partial charge on any atom is 0.169 e. The van der Waals surface area contributed by atoms with Crippen LogP contribution in [0.1, 0.15) is 18.4 Å². The number of thiocarbonyl (C=S) groups is 1. The van der Waals surface area contributed by atoms with Gasteiger partial charge in [0.05, 0.1) is 12.3 Å². The van der Waals surface area contributed by atoms with E-state index in [1.54, 1.807) is 0 Å². The summed E-state index contributed by atoms with van der Waals surface area (Å²) in [6.07, 6.45) is 6.69. The summed E-state index contributed by atoms with van der Waals surface area (Å²) in [7, 11) is 1.96. The second-order valence-electron chi connectivity index (χ2n) is 6.11. The summed E-state index contributed by atoms with van der Waals surface area (Å²) in [5, 5.41) is 8.46. The lowest BCUT2D eigenvalue weighted by molar-refractivity contribution is 0.112. The molecule has 3 rings (SSSR count). The van der Waals surface area contributed by atoms with Crippen molar-refractivity contribution in [2.24, 2.45) is 7.05 Å². The van der Waals surface area contributed by atoms with Crippen LogP contribution in [-0.4, -0.2) is 70.1 Å². The molecule has 0 saturated carbocycles. The van der Waals surface area contributed by atoms with Crippen molar-refractivity contribution >= 4 is 17.3 Å². The summed E-state index contributed by atoms with van der Waals surface area (Å²) < 4.78 is 7.48. The lowest BCUT2D eigenvalue weighted by Crippen LogP contribution is -2.52. The molecule has 0 spiro atoms. The number of nitrogens with zero attached hydrogens (tertiary/aromatic N) is 4. The molecular weight excluding hydrogens is 298 g/mol. The van der Waals surface area contributed by atoms with E-state index in [4.69, 9.17) is 17.0 Å². The van der Waals surface area contributed by atoms with Crippen molar-refractivity contribution in [1.82, 2.24) is 24.9 Å². The van der Waals surface area contributed by atoms with Crippen molar-refractivity contribution in [3.63, 3.8) is 0 Å². The van der Waals surface area contributed by atoms with Crippen molar-refractivity contribution in [1.29, 1.82) is 0 Å². The van der Waals surface area contributed by atoms with Crippen LogP contribution in [0.15, 0.2) is 12.4 Å². The highest BCUT2D eigenvalue weighted by atomic mass is 32.1. The SMILES string of the molecule is Cn1cc(CN2CCN(C(=S)NCC3CCCO3)CC2)cn1. The Morgan fingerprint density at radius 2 is 2.23 bits per heavy atom. The first-order valence-electron chi connectivity index (χ1n) is 8.05. The second-order valence-corrected chi connectivity index (χ2v) is 6.49. The Morgan fingerprint density at radius 1 is 1.41 bits per heavy atom. The molecule has 0 radical (unpaired) electrons. The third-order valence-corrected chi connectivity index (χ3v) is 4.73. The molecule has 0 bridgehead atoms. The zero-order chi connectivity index (χ0) is 15.4. The molecule has 1 aromatic rings. The first-order valence-corrected chi connectivity index (χ1v) is 8.46. The lowest BCUT2D eigenvalue weighted by Gasteiger charge is -2.36. The summed E-state index contributed by atoms with van der Waals surface area (Å²) >= 11 is 5.51. The number of rotatable bonds is 4. The zero-order valence-corrected chi connectivity index (χ0v) is 14.0. The van der Waals surface area contributed by atoms with Gasteiger partial charge in [-0.3, -0.25) is 9.58 Å². The molecule has 2 fully saturated rings. The molecule has 3 heterocycles. The Balaban J connectivity index is 1.38. The molecule has 0 aromatic carbocycles. The Bertz CT molecular complexity index is 492. The molecule has 7 heteroatoms. The fourth-order valence-corrected chi connectivity index (χ4v) is 3.30. The first-order chi connectivity index (χ1) is 10.7. The smallest absolute Gasteiger partial charge is 0.169 e. The summed E-state index contributed by atoms with van der Waals surface area (Å²) in [5.74, 6) is 0. The van der Waals surface area contributed by atoms with Crippen molar-refractivity contribution in [2.75, 3.05) is 39.3 Å². The van der Waals surface area contributed by atoms with Gasteiger partial charge < -0.3 is 15.0 Å². The summed E-state index contributed by atoms with van der Waals surface area (Å²) in [5.41, 5.74) is 1.27. The molecule has 1 N–H and O–H groups in total. The number of piperazine rings is 1. The maximum atomic E-state index is 5.62. The molecule has 1 aromatic heterocycles. The summed E-state index contributed by atoms with van der Waals surface area (Å²) in [6, 6.07) is 0. The van der Waals surface area contributed by atoms with E-state index in [0.717, 1.165) is 57.4 Å². The lowest BCUT2D eigenvalue weighted by atomic mass is 10.2. The molecule has 1 atom stereocenters. The third-order valence-electron chi connectivity index (χ3n) is 4.33. The summed E-state index contributed by atoms with van der Waals surface area (Å²) in [6.45, 7) is 6.75. The van der Waals surface area contributed by atoms with E-state index < -0.39 is 0 Å². The van der Waals surface area contributed by atoms with E-state index in [-0.39, 0.29) is 0 Å². The second kappa shape index (κ2) is 7.39. The van der Waals surface area contributed by atoms with Gasteiger partial charge in [0.15, 0.2) is 5.11 Å². The monoisotopic (exact) mass is 323 g/mol. The van der Waals surface area contributed by atoms with Crippen LogP contribution in [0.4, 0.5) is 0 Å². The van der Waals surface area contributed by atoms with Gasteiger partial charge in [0.1, 0.15) is 0 Å². The Morgan fingerprint density at radius 3 is 2.86 bits per heavy atom. The van der Waals surface area contributed by atoms with E-state index >= 15 is 0 Å². The molecule has 2 aliphatic rings. The topological polar surface area (TPSA) is 45.6 Å². The molecule has 2 aliphatic heterocycles. The van der Waals surface area contributed by atoms with E-state index in [2.05, 4.69) is 26.4 Å². The predicted molar refractivity (Wildman–Crippen MR) is 89.6 cm³/mol. The number of hydrogen-bond donors (Lipinski definition) is 1. The van der Waals surface area contributed by atoms with Crippen LogP contribution in [-0.2, 0) is 18.3 Å². The van der Waals surface area contributed by atoms with E-state index in [1.807, 2.05) is 17.9 Å². The minimum absolute atomic E-state index is 0.338. The molecule has 0 aliphatic carbocycles. The van der Waals surface area contributed by atoms with Gasteiger partial charge in [-0.05, 0) is 25.1 Å². The molecule has 0 amide bonds. The Labute approximate surface area is 137 Å². The molecule has 2 saturated heterocycles. The zero-order valence-electron chi connectivity index (χ0n) is 13.2. The highest BCUT2D eigenvalue weighted by Crippen LogP contribution is 2.11. The summed E-state index contributed by atoms with van der Waals surface area (Å²) in [4.78, 5) is 4.72.